The molecule has 8 nitrogen and oxygen atoms in total. The lowest BCUT2D eigenvalue weighted by Crippen LogP contribution is -2.21. The number of benzene rings is 2. The Morgan fingerprint density at radius 3 is 2.63 bits per heavy atom. The molecular weight excluding hydrogens is 478 g/mol. The summed E-state index contributed by atoms with van der Waals surface area (Å²) in [5.74, 6) is 1.32. The molecule has 0 saturated heterocycles. The first-order valence-corrected chi connectivity index (χ1v) is 13.1. The maximum atomic E-state index is 12.3. The van der Waals surface area contributed by atoms with E-state index in [1.54, 1.807) is 18.3 Å². The van der Waals surface area contributed by atoms with Gasteiger partial charge in [-0.2, -0.15) is 5.26 Å². The predicted molar refractivity (Wildman–Crippen MR) is 146 cm³/mol. The van der Waals surface area contributed by atoms with E-state index in [2.05, 4.69) is 20.9 Å². The summed E-state index contributed by atoms with van der Waals surface area (Å²) < 4.78 is 13.8. The number of nitriles is 1. The molecule has 6 rings (SSSR count). The van der Waals surface area contributed by atoms with Gasteiger partial charge >= 0.3 is 6.09 Å². The molecule has 0 aliphatic heterocycles. The van der Waals surface area contributed by atoms with Gasteiger partial charge in [-0.1, -0.05) is 12.1 Å². The van der Waals surface area contributed by atoms with Gasteiger partial charge in [0.05, 0.1) is 16.9 Å². The summed E-state index contributed by atoms with van der Waals surface area (Å²) >= 11 is 0. The van der Waals surface area contributed by atoms with Gasteiger partial charge in [0.1, 0.15) is 23.5 Å². The first-order valence-electron chi connectivity index (χ1n) is 13.1. The number of nitrogen functional groups attached to an aromatic ring is 1. The van der Waals surface area contributed by atoms with E-state index < -0.39 is 6.09 Å². The molecule has 1 atom stereocenters. The summed E-state index contributed by atoms with van der Waals surface area (Å²) in [6.45, 7) is 1.94. The number of carbonyl (C=O) groups is 1. The molecule has 38 heavy (non-hydrogen) atoms. The molecule has 8 heteroatoms. The van der Waals surface area contributed by atoms with Crippen molar-refractivity contribution in [1.29, 1.82) is 5.26 Å². The summed E-state index contributed by atoms with van der Waals surface area (Å²) in [6.07, 6.45) is 6.72. The van der Waals surface area contributed by atoms with Crippen molar-refractivity contribution in [3.63, 3.8) is 0 Å². The Labute approximate surface area is 221 Å². The standard InChI is InChI=1S/C30H29N5O3/c1-18(19-7-8-19)37-30(36)34-22-11-9-20(10-12-22)28-27(32)25-16-24(38-29-21(17-31)4-3-15-33-29)13-14-26(25)35(28)23-5-2-6-23/h3-4,9-16,18-19,23H,2,5-8,32H2,1H3,(H,34,36)/t18-/m1/s1. The highest BCUT2D eigenvalue weighted by molar-refractivity contribution is 6.02. The van der Waals surface area contributed by atoms with E-state index in [4.69, 9.17) is 15.2 Å². The third kappa shape index (κ3) is 4.52. The van der Waals surface area contributed by atoms with Crippen molar-refractivity contribution in [2.75, 3.05) is 11.1 Å². The number of anilines is 2. The number of hydrogen-bond acceptors (Lipinski definition) is 6. The van der Waals surface area contributed by atoms with Crippen LogP contribution in [0.1, 0.15) is 50.6 Å². The average Bonchev–Trinajstić information content (AvgIpc) is 3.70. The van der Waals surface area contributed by atoms with Gasteiger partial charge < -0.3 is 19.8 Å². The number of pyridine rings is 1. The molecule has 2 aromatic heterocycles. The first kappa shape index (κ1) is 23.9. The smallest absolute Gasteiger partial charge is 0.411 e. The number of nitrogens with zero attached hydrogens (tertiary/aromatic N) is 3. The second kappa shape index (κ2) is 9.75. The second-order valence-electron chi connectivity index (χ2n) is 10.1. The van der Waals surface area contributed by atoms with Gasteiger partial charge in [-0.25, -0.2) is 9.78 Å². The quantitative estimate of drug-likeness (QED) is 0.278. The number of rotatable bonds is 7. The Morgan fingerprint density at radius 2 is 1.95 bits per heavy atom. The Bertz CT molecular complexity index is 1540. The lowest BCUT2D eigenvalue weighted by Gasteiger charge is -2.30. The zero-order chi connectivity index (χ0) is 26.2. The summed E-state index contributed by atoms with van der Waals surface area (Å²) in [5.41, 5.74) is 11.4. The molecule has 0 unspecified atom stereocenters. The fourth-order valence-electron chi connectivity index (χ4n) is 5.06. The molecule has 2 aromatic carbocycles. The monoisotopic (exact) mass is 507 g/mol. The molecule has 2 saturated carbocycles. The van der Waals surface area contributed by atoms with Crippen molar-refractivity contribution < 1.29 is 14.3 Å². The number of ether oxygens (including phenoxy) is 2. The number of hydrogen-bond donors (Lipinski definition) is 2. The number of amides is 1. The molecule has 1 amide bonds. The van der Waals surface area contributed by atoms with E-state index >= 15 is 0 Å². The van der Waals surface area contributed by atoms with Crippen LogP contribution in [0, 0.1) is 17.2 Å². The molecule has 0 bridgehead atoms. The van der Waals surface area contributed by atoms with Crippen molar-refractivity contribution in [3.8, 4) is 29.0 Å². The zero-order valence-corrected chi connectivity index (χ0v) is 21.2. The van der Waals surface area contributed by atoms with E-state index in [0.29, 0.717) is 34.6 Å². The maximum Gasteiger partial charge on any atom is 0.411 e. The van der Waals surface area contributed by atoms with Crippen molar-refractivity contribution in [2.45, 2.75) is 51.2 Å². The fraction of sp³-hybridized carbons (Fsp3) is 0.300. The average molecular weight is 508 g/mol. The number of nitrogens with one attached hydrogen (secondary N) is 1. The lowest BCUT2D eigenvalue weighted by molar-refractivity contribution is 0.108. The van der Waals surface area contributed by atoms with E-state index in [0.717, 1.165) is 47.8 Å². The van der Waals surface area contributed by atoms with Gasteiger partial charge in [-0.15, -0.1) is 0 Å². The Morgan fingerprint density at radius 1 is 1.16 bits per heavy atom. The van der Waals surface area contributed by atoms with Crippen molar-refractivity contribution in [1.82, 2.24) is 9.55 Å². The SMILES string of the molecule is C[C@@H](OC(=O)Nc1ccc(-c2c(N)c3cc(Oc4ncccc4C#N)ccc3n2C2CCC2)cc1)C1CC1. The van der Waals surface area contributed by atoms with E-state index in [-0.39, 0.29) is 12.0 Å². The highest BCUT2D eigenvalue weighted by Crippen LogP contribution is 2.45. The minimum atomic E-state index is -0.430. The van der Waals surface area contributed by atoms with E-state index in [9.17, 15) is 10.1 Å². The number of carbonyl (C=O) groups excluding carboxylic acids is 1. The molecule has 3 N–H and O–H groups in total. The zero-order valence-electron chi connectivity index (χ0n) is 21.2. The molecule has 0 radical (unpaired) electrons. The highest BCUT2D eigenvalue weighted by atomic mass is 16.6. The molecular formula is C30H29N5O3. The van der Waals surface area contributed by atoms with E-state index in [1.165, 1.54) is 6.42 Å². The van der Waals surface area contributed by atoms with Gasteiger partial charge in [-0.3, -0.25) is 5.32 Å². The summed E-state index contributed by atoms with van der Waals surface area (Å²) in [5, 5.41) is 13.1. The van der Waals surface area contributed by atoms with Crippen LogP contribution in [-0.2, 0) is 4.74 Å². The van der Waals surface area contributed by atoms with Crippen LogP contribution in [0.5, 0.6) is 11.6 Å². The normalized spacial score (nSPS) is 15.9. The Hall–Kier alpha value is -4.51. The number of fused-ring (bicyclic) bond motifs is 1. The van der Waals surface area contributed by atoms with Crippen LogP contribution in [0.3, 0.4) is 0 Å². The van der Waals surface area contributed by atoms with Crippen molar-refractivity contribution in [3.05, 3.63) is 66.4 Å². The minimum Gasteiger partial charge on any atom is -0.446 e. The van der Waals surface area contributed by atoms with Gasteiger partial charge in [0.2, 0.25) is 5.88 Å². The highest BCUT2D eigenvalue weighted by Gasteiger charge is 2.31. The van der Waals surface area contributed by atoms with Gasteiger partial charge in [0.25, 0.3) is 0 Å². The fourth-order valence-corrected chi connectivity index (χ4v) is 5.06. The number of nitrogens with two attached hydrogens (primary N) is 1. The lowest BCUT2D eigenvalue weighted by atomic mass is 9.92. The van der Waals surface area contributed by atoms with Crippen LogP contribution >= 0.6 is 0 Å². The predicted octanol–water partition coefficient (Wildman–Crippen LogP) is 7.02. The van der Waals surface area contributed by atoms with Gasteiger partial charge in [0, 0.05) is 28.9 Å². The van der Waals surface area contributed by atoms with Gasteiger partial charge in [-0.05, 0) is 87.4 Å². The molecule has 0 spiro atoms. The van der Waals surface area contributed by atoms with Crippen LogP contribution < -0.4 is 15.8 Å². The molecule has 2 aliphatic rings. The number of aromatic nitrogens is 2. The molecule has 2 heterocycles. The first-order chi connectivity index (χ1) is 18.5. The summed E-state index contributed by atoms with van der Waals surface area (Å²) in [4.78, 5) is 16.5. The van der Waals surface area contributed by atoms with Crippen LogP contribution in [0.2, 0.25) is 0 Å². The third-order valence-corrected chi connectivity index (χ3v) is 7.54. The Kier molecular flexibility index (Phi) is 6.12. The Balaban J connectivity index is 1.31. The van der Waals surface area contributed by atoms with E-state index in [1.807, 2.05) is 49.4 Å². The second-order valence-corrected chi connectivity index (χ2v) is 10.1. The van der Waals surface area contributed by atoms with Crippen LogP contribution in [0.4, 0.5) is 16.2 Å². The molecule has 2 fully saturated rings. The van der Waals surface area contributed by atoms with Crippen molar-refractivity contribution in [2.24, 2.45) is 5.92 Å². The molecule has 4 aromatic rings. The van der Waals surface area contributed by atoms with Crippen LogP contribution in [0.25, 0.3) is 22.2 Å². The van der Waals surface area contributed by atoms with Gasteiger partial charge in [0.15, 0.2) is 0 Å². The van der Waals surface area contributed by atoms with Crippen molar-refractivity contribution >= 4 is 28.4 Å². The summed E-state index contributed by atoms with van der Waals surface area (Å²) in [7, 11) is 0. The summed E-state index contributed by atoms with van der Waals surface area (Å²) in [6, 6.07) is 19.4. The topological polar surface area (TPSA) is 115 Å². The maximum absolute atomic E-state index is 12.3. The molecule has 192 valence electrons. The molecule has 2 aliphatic carbocycles. The minimum absolute atomic E-state index is 0.0645. The van der Waals surface area contributed by atoms with Crippen LogP contribution in [-0.4, -0.2) is 21.7 Å². The van der Waals surface area contributed by atoms with Crippen LogP contribution in [0.15, 0.2) is 60.8 Å². The third-order valence-electron chi connectivity index (χ3n) is 7.54. The largest absolute Gasteiger partial charge is 0.446 e.